The first-order valence-corrected chi connectivity index (χ1v) is 9.62. The largest absolute Gasteiger partial charge is 0.330 e. The minimum Gasteiger partial charge on any atom is -0.309 e. The van der Waals surface area contributed by atoms with Crippen LogP contribution in [-0.4, -0.2) is 24.8 Å². The van der Waals surface area contributed by atoms with Crippen molar-refractivity contribution in [2.24, 2.45) is 14.1 Å². The number of hydrogen-bond acceptors (Lipinski definition) is 4. The predicted octanol–water partition coefficient (Wildman–Crippen LogP) is 2.40. The Morgan fingerprint density at radius 1 is 1.13 bits per heavy atom. The number of nitrogens with zero attached hydrogens (tertiary/aromatic N) is 4. The zero-order valence-corrected chi connectivity index (χ0v) is 17.4. The van der Waals surface area contributed by atoms with E-state index in [4.69, 9.17) is 11.6 Å². The van der Waals surface area contributed by atoms with Crippen molar-refractivity contribution in [2.45, 2.75) is 6.42 Å². The number of nitrogens with one attached hydrogen (secondary N) is 1. The van der Waals surface area contributed by atoms with Gasteiger partial charge in [0.2, 0.25) is 5.91 Å². The number of carbonyl (C=O) groups excluding carboxylic acids is 1. The van der Waals surface area contributed by atoms with Gasteiger partial charge in [-0.25, -0.2) is 13.9 Å². The number of amides is 1. The number of hydrogen-bond donors (Lipinski definition) is 1. The average Bonchev–Trinajstić information content (AvgIpc) is 3.18. The molecular weight excluding hydrogens is 425 g/mol. The molecule has 8 nitrogen and oxygen atoms in total. The summed E-state index contributed by atoms with van der Waals surface area (Å²) in [4.78, 5) is 37.4. The van der Waals surface area contributed by atoms with Crippen LogP contribution in [0.5, 0.6) is 0 Å². The predicted molar refractivity (Wildman–Crippen MR) is 115 cm³/mol. The molecule has 0 spiro atoms. The molecule has 0 saturated heterocycles. The summed E-state index contributed by atoms with van der Waals surface area (Å²) >= 11 is 5.77. The topological polar surface area (TPSA) is 90.9 Å². The van der Waals surface area contributed by atoms with E-state index in [1.165, 1.54) is 46.8 Å². The fraction of sp³-hybridized carbons (Fsp3) is 0.143. The molecule has 0 aliphatic heterocycles. The normalized spacial score (nSPS) is 11.1. The number of halogens is 2. The molecule has 0 fully saturated rings. The van der Waals surface area contributed by atoms with E-state index < -0.39 is 23.0 Å². The average molecular weight is 442 g/mol. The Morgan fingerprint density at radius 3 is 2.65 bits per heavy atom. The number of anilines is 1. The Bertz CT molecular complexity index is 1450. The van der Waals surface area contributed by atoms with E-state index in [0.29, 0.717) is 16.5 Å². The maximum atomic E-state index is 14.1. The Morgan fingerprint density at radius 2 is 1.90 bits per heavy atom. The van der Waals surface area contributed by atoms with Crippen molar-refractivity contribution in [3.05, 3.63) is 85.9 Å². The summed E-state index contributed by atoms with van der Waals surface area (Å²) in [6.07, 6.45) is 1.40. The Labute approximate surface area is 180 Å². The first-order chi connectivity index (χ1) is 14.8. The second kappa shape index (κ2) is 7.84. The molecule has 0 saturated carbocycles. The molecule has 31 heavy (non-hydrogen) atoms. The molecular formula is C21H17ClFN5O3. The molecule has 0 radical (unpaired) electrons. The highest BCUT2D eigenvalue weighted by Gasteiger charge is 2.15. The molecule has 4 aromatic rings. The van der Waals surface area contributed by atoms with Crippen LogP contribution in [0, 0.1) is 5.82 Å². The molecule has 1 N–H and O–H groups in total. The SMILES string of the molecule is Cn1c(=O)c2c(CC(=O)Nc3ccn(-c4ccc(Cl)cc4F)n3)cccc2n(C)c1=O. The van der Waals surface area contributed by atoms with Gasteiger partial charge in [-0.05, 0) is 29.8 Å². The maximum Gasteiger partial charge on any atom is 0.330 e. The van der Waals surface area contributed by atoms with E-state index in [9.17, 15) is 18.8 Å². The van der Waals surface area contributed by atoms with Crippen LogP contribution in [0.25, 0.3) is 16.6 Å². The molecule has 2 aromatic carbocycles. The molecule has 0 bridgehead atoms. The van der Waals surface area contributed by atoms with Gasteiger partial charge in [-0.2, -0.15) is 0 Å². The Balaban J connectivity index is 1.61. The third-order valence-electron chi connectivity index (χ3n) is 4.95. The standard InChI is InChI=1S/C21H17ClFN5O3/c1-26-16-5-3-4-12(19(16)20(30)27(2)21(26)31)10-18(29)24-17-8-9-28(25-17)15-7-6-13(22)11-14(15)23/h3-9,11H,10H2,1-2H3,(H,24,25,29). The monoisotopic (exact) mass is 441 g/mol. The molecule has 0 aliphatic rings. The van der Waals surface area contributed by atoms with E-state index in [2.05, 4.69) is 10.4 Å². The maximum absolute atomic E-state index is 14.1. The quantitative estimate of drug-likeness (QED) is 0.526. The molecule has 10 heteroatoms. The highest BCUT2D eigenvalue weighted by atomic mass is 35.5. The third kappa shape index (κ3) is 3.75. The van der Waals surface area contributed by atoms with E-state index in [1.807, 2.05) is 0 Å². The summed E-state index contributed by atoms with van der Waals surface area (Å²) in [5, 5.41) is 7.37. The van der Waals surface area contributed by atoms with E-state index in [-0.39, 0.29) is 22.9 Å². The first-order valence-electron chi connectivity index (χ1n) is 9.25. The molecule has 0 aliphatic carbocycles. The van der Waals surface area contributed by atoms with Crippen molar-refractivity contribution in [1.82, 2.24) is 18.9 Å². The minimum atomic E-state index is -0.550. The number of rotatable bonds is 4. The van der Waals surface area contributed by atoms with Gasteiger partial charge in [0.25, 0.3) is 5.56 Å². The number of aryl methyl sites for hydroxylation is 1. The summed E-state index contributed by atoms with van der Waals surface area (Å²) in [7, 11) is 2.96. The summed E-state index contributed by atoms with van der Waals surface area (Å²) in [5.41, 5.74) is 0.196. The highest BCUT2D eigenvalue weighted by molar-refractivity contribution is 6.30. The van der Waals surface area contributed by atoms with Crippen molar-refractivity contribution in [3.8, 4) is 5.69 Å². The van der Waals surface area contributed by atoms with Crippen molar-refractivity contribution in [2.75, 3.05) is 5.32 Å². The van der Waals surface area contributed by atoms with Gasteiger partial charge in [0.05, 0.1) is 17.3 Å². The molecule has 158 valence electrons. The van der Waals surface area contributed by atoms with E-state index in [0.717, 1.165) is 4.57 Å². The number of carbonyl (C=O) groups is 1. The number of benzene rings is 2. The van der Waals surface area contributed by atoms with Gasteiger partial charge >= 0.3 is 5.69 Å². The van der Waals surface area contributed by atoms with Crippen molar-refractivity contribution < 1.29 is 9.18 Å². The third-order valence-corrected chi connectivity index (χ3v) is 5.18. The van der Waals surface area contributed by atoms with Gasteiger partial charge in [-0.1, -0.05) is 23.7 Å². The molecule has 2 heterocycles. The van der Waals surface area contributed by atoms with Crippen LogP contribution >= 0.6 is 11.6 Å². The zero-order valence-electron chi connectivity index (χ0n) is 16.6. The molecule has 0 atom stereocenters. The van der Waals surface area contributed by atoms with Gasteiger partial charge in [0.15, 0.2) is 5.82 Å². The molecule has 1 amide bonds. The van der Waals surface area contributed by atoms with Crippen molar-refractivity contribution in [3.63, 3.8) is 0 Å². The lowest BCUT2D eigenvalue weighted by Gasteiger charge is -2.11. The lowest BCUT2D eigenvalue weighted by Crippen LogP contribution is -2.37. The van der Waals surface area contributed by atoms with Crippen molar-refractivity contribution in [1.29, 1.82) is 0 Å². The summed E-state index contributed by atoms with van der Waals surface area (Å²) in [6, 6.07) is 10.7. The van der Waals surface area contributed by atoms with E-state index in [1.54, 1.807) is 25.2 Å². The van der Waals surface area contributed by atoms with Gasteiger partial charge < -0.3 is 5.32 Å². The van der Waals surface area contributed by atoms with Crippen LogP contribution in [0.3, 0.4) is 0 Å². The molecule has 0 unspecified atom stereocenters. The fourth-order valence-corrected chi connectivity index (χ4v) is 3.55. The lowest BCUT2D eigenvalue weighted by molar-refractivity contribution is -0.115. The highest BCUT2D eigenvalue weighted by Crippen LogP contribution is 2.19. The van der Waals surface area contributed by atoms with Crippen LogP contribution in [0.15, 0.2) is 58.3 Å². The Hall–Kier alpha value is -3.72. The second-order valence-electron chi connectivity index (χ2n) is 6.98. The van der Waals surface area contributed by atoms with Crippen molar-refractivity contribution >= 4 is 34.2 Å². The zero-order chi connectivity index (χ0) is 22.3. The summed E-state index contributed by atoms with van der Waals surface area (Å²) in [5.74, 6) is -0.740. The summed E-state index contributed by atoms with van der Waals surface area (Å²) < 4.78 is 17.7. The van der Waals surface area contributed by atoms with Gasteiger partial charge in [-0.3, -0.25) is 18.7 Å². The minimum absolute atomic E-state index is 0.104. The van der Waals surface area contributed by atoms with E-state index >= 15 is 0 Å². The molecule has 2 aromatic heterocycles. The Kier molecular flexibility index (Phi) is 5.20. The lowest BCUT2D eigenvalue weighted by atomic mass is 10.1. The summed E-state index contributed by atoms with van der Waals surface area (Å²) in [6.45, 7) is 0. The second-order valence-corrected chi connectivity index (χ2v) is 7.42. The van der Waals surface area contributed by atoms with Crippen LogP contribution in [0.1, 0.15) is 5.56 Å². The van der Waals surface area contributed by atoms with Crippen LogP contribution in [0.2, 0.25) is 5.02 Å². The van der Waals surface area contributed by atoms with Gasteiger partial charge in [0, 0.05) is 31.4 Å². The smallest absolute Gasteiger partial charge is 0.309 e. The van der Waals surface area contributed by atoms with Crippen LogP contribution in [-0.2, 0) is 25.3 Å². The molecule has 4 rings (SSSR count). The fourth-order valence-electron chi connectivity index (χ4n) is 3.39. The van der Waals surface area contributed by atoms with Gasteiger partial charge in [0.1, 0.15) is 11.5 Å². The number of fused-ring (bicyclic) bond motifs is 1. The first kappa shape index (κ1) is 20.5. The van der Waals surface area contributed by atoms with Crippen LogP contribution in [0.4, 0.5) is 10.2 Å². The number of aromatic nitrogens is 4. The van der Waals surface area contributed by atoms with Crippen LogP contribution < -0.4 is 16.6 Å². The van der Waals surface area contributed by atoms with Gasteiger partial charge in [-0.15, -0.1) is 5.10 Å².